The molecule has 5 nitrogen and oxygen atoms in total. The predicted molar refractivity (Wildman–Crippen MR) is 79.6 cm³/mol. The first kappa shape index (κ1) is 13.7. The van der Waals surface area contributed by atoms with Crippen molar-refractivity contribution in [3.8, 4) is 0 Å². The summed E-state index contributed by atoms with van der Waals surface area (Å²) in [4.78, 5) is 12.5. The van der Waals surface area contributed by atoms with Crippen LogP contribution in [-0.4, -0.2) is 26.5 Å². The molecular formula is C14H18N4OSe. The molecule has 1 aliphatic heterocycles. The number of nitrogens with zero attached hydrogens (tertiary/aromatic N) is 2. The molecule has 2 aliphatic rings. The van der Waals surface area contributed by atoms with E-state index < -0.39 is 0 Å². The van der Waals surface area contributed by atoms with Gasteiger partial charge in [-0.1, -0.05) is 0 Å². The van der Waals surface area contributed by atoms with E-state index >= 15 is 0 Å². The second-order valence-corrected chi connectivity index (χ2v) is 6.44. The van der Waals surface area contributed by atoms with Gasteiger partial charge < -0.3 is 0 Å². The van der Waals surface area contributed by atoms with Gasteiger partial charge in [-0.25, -0.2) is 0 Å². The van der Waals surface area contributed by atoms with Gasteiger partial charge in [-0.15, -0.1) is 0 Å². The molecule has 20 heavy (non-hydrogen) atoms. The standard InChI is InChI=1S/C14H18N4OSe/c15-10-6-3-1-2-5-9(10)14(19)16-11-7-4-8-12-13(11)18-20-17-12/h4,7-10H,1-3,5-6,15H2,(H,16,19). The third kappa shape index (κ3) is 2.77. The van der Waals surface area contributed by atoms with Gasteiger partial charge in [0.1, 0.15) is 0 Å². The van der Waals surface area contributed by atoms with Crippen molar-refractivity contribution in [1.29, 1.82) is 0 Å². The van der Waals surface area contributed by atoms with Crippen LogP contribution < -0.4 is 11.1 Å². The molecule has 1 heterocycles. The first-order valence-corrected chi connectivity index (χ1v) is 8.56. The Hall–Kier alpha value is -1.23. The van der Waals surface area contributed by atoms with Crippen LogP contribution in [0.5, 0.6) is 0 Å². The Balaban J connectivity index is 1.76. The van der Waals surface area contributed by atoms with E-state index in [0.29, 0.717) is 0 Å². The Labute approximate surface area is 124 Å². The molecule has 3 rings (SSSR count). The van der Waals surface area contributed by atoms with Gasteiger partial charge in [0.15, 0.2) is 0 Å². The Morgan fingerprint density at radius 2 is 2.10 bits per heavy atom. The normalized spacial score (nSPS) is 24.6. The van der Waals surface area contributed by atoms with Crippen LogP contribution in [0.4, 0.5) is 17.1 Å². The molecular weight excluding hydrogens is 319 g/mol. The number of rotatable bonds is 2. The molecule has 1 aliphatic carbocycles. The van der Waals surface area contributed by atoms with Crippen LogP contribution in [0.1, 0.15) is 32.1 Å². The fourth-order valence-corrected chi connectivity index (χ4v) is 3.95. The fourth-order valence-electron chi connectivity index (χ4n) is 2.79. The minimum atomic E-state index is -0.0859. The first-order chi connectivity index (χ1) is 9.75. The van der Waals surface area contributed by atoms with Crippen molar-refractivity contribution in [2.24, 2.45) is 19.6 Å². The van der Waals surface area contributed by atoms with Crippen molar-refractivity contribution in [2.75, 3.05) is 5.32 Å². The van der Waals surface area contributed by atoms with Crippen LogP contribution in [0, 0.1) is 5.92 Å². The molecule has 3 N–H and O–H groups in total. The molecule has 0 radical (unpaired) electrons. The number of carbonyl (C=O) groups is 1. The number of nitrogens with one attached hydrogen (secondary N) is 1. The minimum absolute atomic E-state index is 0.0277. The Kier molecular flexibility index (Phi) is 4.15. The van der Waals surface area contributed by atoms with E-state index in [1.807, 2.05) is 18.2 Å². The van der Waals surface area contributed by atoms with Crippen LogP contribution in [0.2, 0.25) is 0 Å². The second-order valence-electron chi connectivity index (χ2n) is 5.34. The number of carbonyl (C=O) groups excluding carboxylic acids is 1. The molecule has 1 amide bonds. The molecule has 1 fully saturated rings. The van der Waals surface area contributed by atoms with Crippen LogP contribution in [-0.2, 0) is 4.79 Å². The van der Waals surface area contributed by atoms with E-state index in [9.17, 15) is 4.79 Å². The molecule has 6 heteroatoms. The molecule has 1 aromatic rings. The summed E-state index contributed by atoms with van der Waals surface area (Å²) in [5.41, 5.74) is 8.62. The van der Waals surface area contributed by atoms with Crippen molar-refractivity contribution >= 4 is 37.5 Å². The van der Waals surface area contributed by atoms with E-state index in [1.54, 1.807) is 0 Å². The van der Waals surface area contributed by atoms with Gasteiger partial charge in [0.2, 0.25) is 0 Å². The van der Waals surface area contributed by atoms with Gasteiger partial charge in [-0.2, -0.15) is 0 Å². The van der Waals surface area contributed by atoms with Gasteiger partial charge >= 0.3 is 124 Å². The third-order valence-corrected chi connectivity index (χ3v) is 5.09. The maximum atomic E-state index is 12.5. The molecule has 1 aromatic carbocycles. The fraction of sp³-hybridized carbons (Fsp3) is 0.500. The van der Waals surface area contributed by atoms with Crippen molar-refractivity contribution in [1.82, 2.24) is 0 Å². The number of hydrogen-bond acceptors (Lipinski definition) is 4. The topological polar surface area (TPSA) is 79.8 Å². The van der Waals surface area contributed by atoms with Gasteiger partial charge in [0, 0.05) is 0 Å². The maximum absolute atomic E-state index is 12.5. The molecule has 0 spiro atoms. The predicted octanol–water partition coefficient (Wildman–Crippen LogP) is 2.88. The molecule has 106 valence electrons. The summed E-state index contributed by atoms with van der Waals surface area (Å²) in [6.45, 7) is 0. The summed E-state index contributed by atoms with van der Waals surface area (Å²) in [6, 6.07) is 5.70. The van der Waals surface area contributed by atoms with Crippen molar-refractivity contribution in [3.63, 3.8) is 0 Å². The molecule has 0 saturated heterocycles. The Morgan fingerprint density at radius 1 is 1.25 bits per heavy atom. The van der Waals surface area contributed by atoms with E-state index in [2.05, 4.69) is 13.2 Å². The van der Waals surface area contributed by atoms with E-state index in [-0.39, 0.29) is 32.4 Å². The van der Waals surface area contributed by atoms with Gasteiger partial charge in [-0.3, -0.25) is 0 Å². The van der Waals surface area contributed by atoms with E-state index in [1.165, 1.54) is 6.42 Å². The number of anilines is 1. The van der Waals surface area contributed by atoms with Gasteiger partial charge in [-0.05, 0) is 0 Å². The molecule has 0 aromatic heterocycles. The zero-order valence-electron chi connectivity index (χ0n) is 11.2. The summed E-state index contributed by atoms with van der Waals surface area (Å²) in [7, 11) is 0. The monoisotopic (exact) mass is 338 g/mol. The van der Waals surface area contributed by atoms with Crippen molar-refractivity contribution < 1.29 is 4.79 Å². The average Bonchev–Trinajstić information content (AvgIpc) is 2.82. The average molecular weight is 337 g/mol. The summed E-state index contributed by atoms with van der Waals surface area (Å²) in [6.07, 6.45) is 5.21. The van der Waals surface area contributed by atoms with Crippen LogP contribution >= 0.6 is 0 Å². The molecule has 1 saturated carbocycles. The first-order valence-electron chi connectivity index (χ1n) is 7.03. The molecule has 2 atom stereocenters. The summed E-state index contributed by atoms with van der Waals surface area (Å²) in [5, 5.41) is 3.01. The Morgan fingerprint density at radius 3 is 3.00 bits per heavy atom. The van der Waals surface area contributed by atoms with Gasteiger partial charge in [0.05, 0.1) is 0 Å². The van der Waals surface area contributed by atoms with Crippen LogP contribution in [0.25, 0.3) is 0 Å². The van der Waals surface area contributed by atoms with E-state index in [0.717, 1.165) is 42.7 Å². The summed E-state index contributed by atoms with van der Waals surface area (Å²) >= 11 is -0.0815. The zero-order chi connectivity index (χ0) is 13.9. The number of benzene rings is 1. The van der Waals surface area contributed by atoms with Crippen LogP contribution in [0.15, 0.2) is 26.1 Å². The third-order valence-electron chi connectivity index (χ3n) is 3.95. The van der Waals surface area contributed by atoms with Crippen LogP contribution in [0.3, 0.4) is 0 Å². The molecule has 2 unspecified atom stereocenters. The number of hydrogen-bond donors (Lipinski definition) is 2. The van der Waals surface area contributed by atoms with Crippen molar-refractivity contribution in [2.45, 2.75) is 38.1 Å². The zero-order valence-corrected chi connectivity index (χ0v) is 12.9. The summed E-state index contributed by atoms with van der Waals surface area (Å²) in [5.74, 6) is -0.0559. The number of fused-ring (bicyclic) bond motifs is 1. The molecule has 0 bridgehead atoms. The summed E-state index contributed by atoms with van der Waals surface area (Å²) < 4.78 is 8.71. The van der Waals surface area contributed by atoms with Crippen molar-refractivity contribution in [3.05, 3.63) is 18.2 Å². The quantitative estimate of drug-likeness (QED) is 0.653. The Bertz CT molecular complexity index is 595. The van der Waals surface area contributed by atoms with E-state index in [4.69, 9.17) is 5.73 Å². The SMILES string of the molecule is NC1CCCCCC1C(=O)Nc1cccc2c1N=[Se]=N2. The number of nitrogens with two attached hydrogens (primary N) is 1. The second kappa shape index (κ2) is 6.04. The number of amides is 1. The van der Waals surface area contributed by atoms with Gasteiger partial charge in [0.25, 0.3) is 0 Å².